The molecule has 2 aromatic heterocycles. The zero-order valence-corrected chi connectivity index (χ0v) is 19.5. The lowest BCUT2D eigenvalue weighted by atomic mass is 10.1. The molecule has 0 aliphatic carbocycles. The number of hydrogen-bond acceptors (Lipinski definition) is 4. The van der Waals surface area contributed by atoms with Crippen molar-refractivity contribution in [3.05, 3.63) is 108 Å². The minimum atomic E-state index is -0.370. The van der Waals surface area contributed by atoms with Gasteiger partial charge >= 0.3 is 0 Å². The molecule has 1 unspecified atom stereocenters. The second-order valence-corrected chi connectivity index (χ2v) is 8.17. The minimum Gasteiger partial charge on any atom is -0.354 e. The van der Waals surface area contributed by atoms with Crippen LogP contribution < -0.4 is 16.0 Å². The predicted molar refractivity (Wildman–Crippen MR) is 133 cm³/mol. The number of pyridine rings is 1. The lowest BCUT2D eigenvalue weighted by Gasteiger charge is -2.19. The average molecular weight is 472 g/mol. The van der Waals surface area contributed by atoms with Gasteiger partial charge in [0.15, 0.2) is 0 Å². The van der Waals surface area contributed by atoms with E-state index >= 15 is 0 Å². The number of halogens is 1. The van der Waals surface area contributed by atoms with Crippen LogP contribution in [0.25, 0.3) is 5.69 Å². The number of carbonyl (C=O) groups is 2. The molecule has 2 heterocycles. The Hall–Kier alpha value is -4.46. The van der Waals surface area contributed by atoms with E-state index in [0.29, 0.717) is 17.1 Å². The van der Waals surface area contributed by atoms with Gasteiger partial charge in [-0.2, -0.15) is 0 Å². The van der Waals surface area contributed by atoms with Gasteiger partial charge in [-0.05, 0) is 48.4 Å². The van der Waals surface area contributed by atoms with E-state index in [2.05, 4.69) is 20.9 Å². The molecular formula is C27H26FN5O2. The molecule has 0 bridgehead atoms. The highest BCUT2D eigenvalue weighted by atomic mass is 19.1. The Bertz CT molecular complexity index is 1320. The first-order chi connectivity index (χ1) is 16.9. The second-order valence-electron chi connectivity index (χ2n) is 8.17. The van der Waals surface area contributed by atoms with Gasteiger partial charge in [0.25, 0.3) is 5.91 Å². The van der Waals surface area contributed by atoms with E-state index < -0.39 is 0 Å². The van der Waals surface area contributed by atoms with Crippen molar-refractivity contribution >= 4 is 23.3 Å². The lowest BCUT2D eigenvalue weighted by molar-refractivity contribution is -0.119. The Balaban J connectivity index is 1.52. The van der Waals surface area contributed by atoms with Crippen LogP contribution in [-0.4, -0.2) is 27.9 Å². The predicted octanol–water partition coefficient (Wildman–Crippen LogP) is 4.67. The molecule has 0 fully saturated rings. The Morgan fingerprint density at radius 3 is 2.51 bits per heavy atom. The van der Waals surface area contributed by atoms with Gasteiger partial charge in [0.1, 0.15) is 11.6 Å². The van der Waals surface area contributed by atoms with Crippen molar-refractivity contribution in [3.63, 3.8) is 0 Å². The van der Waals surface area contributed by atoms with E-state index in [0.717, 1.165) is 16.8 Å². The summed E-state index contributed by atoms with van der Waals surface area (Å²) in [4.78, 5) is 28.9. The van der Waals surface area contributed by atoms with Gasteiger partial charge in [0.2, 0.25) is 5.91 Å². The summed E-state index contributed by atoms with van der Waals surface area (Å²) in [5.41, 5.74) is 3.87. The summed E-state index contributed by atoms with van der Waals surface area (Å²) in [6.45, 7) is 3.66. The number of aryl methyl sites for hydroxylation is 1. The van der Waals surface area contributed by atoms with E-state index in [1.807, 2.05) is 54.1 Å². The first-order valence-electron chi connectivity index (χ1n) is 11.2. The Morgan fingerprint density at radius 1 is 1.06 bits per heavy atom. The molecule has 8 heteroatoms. The molecule has 3 N–H and O–H groups in total. The zero-order chi connectivity index (χ0) is 24.8. The third kappa shape index (κ3) is 6.11. The fourth-order valence-corrected chi connectivity index (χ4v) is 3.65. The van der Waals surface area contributed by atoms with Gasteiger partial charge in [-0.15, -0.1) is 0 Å². The van der Waals surface area contributed by atoms with E-state index in [9.17, 15) is 14.0 Å². The smallest absolute Gasteiger partial charge is 0.253 e. The van der Waals surface area contributed by atoms with Crippen molar-refractivity contribution in [2.45, 2.75) is 19.9 Å². The van der Waals surface area contributed by atoms with Gasteiger partial charge in [-0.25, -0.2) is 9.37 Å². The van der Waals surface area contributed by atoms with Crippen LogP contribution in [0.1, 0.15) is 34.5 Å². The van der Waals surface area contributed by atoms with Crippen LogP contribution in [-0.2, 0) is 4.79 Å². The summed E-state index contributed by atoms with van der Waals surface area (Å²) in [5, 5.41) is 8.95. The number of aromatic nitrogens is 2. The quantitative estimate of drug-likeness (QED) is 0.349. The van der Waals surface area contributed by atoms with Crippen molar-refractivity contribution in [2.24, 2.45) is 0 Å². The molecule has 0 saturated carbocycles. The van der Waals surface area contributed by atoms with Crippen LogP contribution in [0.15, 0.2) is 85.3 Å². The van der Waals surface area contributed by atoms with Gasteiger partial charge in [-0.3, -0.25) is 9.59 Å². The van der Waals surface area contributed by atoms with Crippen molar-refractivity contribution in [1.82, 2.24) is 20.2 Å². The molecule has 2 amide bonds. The van der Waals surface area contributed by atoms with Crippen molar-refractivity contribution < 1.29 is 14.0 Å². The van der Waals surface area contributed by atoms with E-state index in [1.54, 1.807) is 30.6 Å². The molecule has 4 aromatic rings. The van der Waals surface area contributed by atoms with Gasteiger partial charge in [-0.1, -0.05) is 30.3 Å². The number of anilines is 2. The maximum Gasteiger partial charge on any atom is 0.253 e. The maximum atomic E-state index is 13.2. The number of nitrogens with one attached hydrogen (secondary N) is 3. The van der Waals surface area contributed by atoms with E-state index in [-0.39, 0.29) is 30.2 Å². The highest BCUT2D eigenvalue weighted by Gasteiger charge is 2.17. The molecule has 0 aliphatic heterocycles. The summed E-state index contributed by atoms with van der Waals surface area (Å²) in [5.74, 6) is -0.127. The highest BCUT2D eigenvalue weighted by Crippen LogP contribution is 2.22. The standard InChI is InChI=1S/C27H26FN5O2/c1-18-15-30-26(31-23-10-8-22(28)9-11-23)14-25(18)33-13-12-21(17-33)27(35)32-24(16-29-19(2)34)20-6-4-3-5-7-20/h3-15,17,24H,16H2,1-2H3,(H,29,34)(H,30,31)(H,32,35). The van der Waals surface area contributed by atoms with Crippen LogP contribution in [0, 0.1) is 12.7 Å². The van der Waals surface area contributed by atoms with Crippen LogP contribution in [0.5, 0.6) is 0 Å². The largest absolute Gasteiger partial charge is 0.354 e. The normalized spacial score (nSPS) is 11.5. The molecule has 0 spiro atoms. The summed E-state index contributed by atoms with van der Waals surface area (Å²) < 4.78 is 15.0. The topological polar surface area (TPSA) is 88.0 Å². The summed E-state index contributed by atoms with van der Waals surface area (Å²) in [6.07, 6.45) is 5.30. The molecule has 178 valence electrons. The van der Waals surface area contributed by atoms with Crippen LogP contribution >= 0.6 is 0 Å². The lowest BCUT2D eigenvalue weighted by Crippen LogP contribution is -2.37. The molecule has 0 aliphatic rings. The summed E-state index contributed by atoms with van der Waals surface area (Å²) in [6, 6.07) is 18.8. The van der Waals surface area contributed by atoms with Gasteiger partial charge in [0, 0.05) is 43.8 Å². The fourth-order valence-electron chi connectivity index (χ4n) is 3.65. The Morgan fingerprint density at radius 2 is 1.80 bits per heavy atom. The number of benzene rings is 2. The number of nitrogens with zero attached hydrogens (tertiary/aromatic N) is 2. The van der Waals surface area contributed by atoms with E-state index in [4.69, 9.17) is 0 Å². The molecule has 0 saturated heterocycles. The Kier molecular flexibility index (Phi) is 7.21. The average Bonchev–Trinajstić information content (AvgIpc) is 3.35. The molecule has 4 rings (SSSR count). The Labute approximate surface area is 203 Å². The monoisotopic (exact) mass is 471 g/mol. The first kappa shape index (κ1) is 23.7. The zero-order valence-electron chi connectivity index (χ0n) is 19.5. The highest BCUT2D eigenvalue weighted by molar-refractivity contribution is 5.94. The van der Waals surface area contributed by atoms with Crippen LogP contribution in [0.2, 0.25) is 0 Å². The molecule has 35 heavy (non-hydrogen) atoms. The summed E-state index contributed by atoms with van der Waals surface area (Å²) in [7, 11) is 0. The second kappa shape index (κ2) is 10.6. The third-order valence-corrected chi connectivity index (χ3v) is 5.49. The van der Waals surface area contributed by atoms with Crippen LogP contribution in [0.4, 0.5) is 15.9 Å². The summed E-state index contributed by atoms with van der Waals surface area (Å²) >= 11 is 0. The number of carbonyl (C=O) groups excluding carboxylic acids is 2. The molecule has 2 aromatic carbocycles. The molecule has 0 radical (unpaired) electrons. The number of amides is 2. The maximum absolute atomic E-state index is 13.2. The minimum absolute atomic E-state index is 0.162. The third-order valence-electron chi connectivity index (χ3n) is 5.49. The van der Waals surface area contributed by atoms with Gasteiger partial charge < -0.3 is 20.5 Å². The first-order valence-corrected chi connectivity index (χ1v) is 11.2. The van der Waals surface area contributed by atoms with Crippen molar-refractivity contribution in [2.75, 3.05) is 11.9 Å². The van der Waals surface area contributed by atoms with Crippen LogP contribution in [0.3, 0.4) is 0 Å². The van der Waals surface area contributed by atoms with E-state index in [1.165, 1.54) is 19.1 Å². The fraction of sp³-hybridized carbons (Fsp3) is 0.148. The molecular weight excluding hydrogens is 445 g/mol. The number of hydrogen-bond donors (Lipinski definition) is 3. The van der Waals surface area contributed by atoms with Crippen molar-refractivity contribution in [3.8, 4) is 5.69 Å². The van der Waals surface area contributed by atoms with Gasteiger partial charge in [0.05, 0.1) is 17.3 Å². The molecule has 1 atom stereocenters. The SMILES string of the molecule is CC(=O)NCC(NC(=O)c1ccn(-c2cc(Nc3ccc(F)cc3)ncc2C)c1)c1ccccc1. The number of rotatable bonds is 8. The van der Waals surface area contributed by atoms with Crippen molar-refractivity contribution in [1.29, 1.82) is 0 Å². The molecule has 7 nitrogen and oxygen atoms in total.